The summed E-state index contributed by atoms with van der Waals surface area (Å²) in [5.41, 5.74) is 2.22. The number of fused-ring (bicyclic) bond motifs is 2. The van der Waals surface area contributed by atoms with Crippen molar-refractivity contribution in [2.75, 3.05) is 11.9 Å². The van der Waals surface area contributed by atoms with Gasteiger partial charge in [-0.2, -0.15) is 0 Å². The highest BCUT2D eigenvalue weighted by Crippen LogP contribution is 2.17. The molecule has 0 spiro atoms. The fourth-order valence-electron chi connectivity index (χ4n) is 3.88. The third-order valence-electron chi connectivity index (χ3n) is 5.66. The van der Waals surface area contributed by atoms with Crippen LogP contribution in [0, 0.1) is 6.92 Å². The minimum absolute atomic E-state index is 0.0558. The lowest BCUT2D eigenvalue weighted by Gasteiger charge is -2.09. The zero-order valence-corrected chi connectivity index (χ0v) is 19.7. The molecule has 2 amide bonds. The van der Waals surface area contributed by atoms with Crippen LogP contribution in [0.1, 0.15) is 21.6 Å². The molecule has 0 saturated carbocycles. The monoisotopic (exact) mass is 498 g/mol. The van der Waals surface area contributed by atoms with Crippen LogP contribution < -0.4 is 26.5 Å². The third kappa shape index (κ3) is 5.10. The summed E-state index contributed by atoms with van der Waals surface area (Å²) in [5, 5.41) is 9.75. The molecule has 4 N–H and O–H groups in total. The van der Waals surface area contributed by atoms with E-state index in [0.717, 1.165) is 16.9 Å². The van der Waals surface area contributed by atoms with Crippen LogP contribution in [0.3, 0.4) is 0 Å². The summed E-state index contributed by atoms with van der Waals surface area (Å²) in [4.78, 5) is 53.4. The number of anilines is 1. The van der Waals surface area contributed by atoms with Crippen LogP contribution in [0.2, 0.25) is 0 Å². The first-order chi connectivity index (χ1) is 17.9. The number of aromatic nitrogens is 4. The van der Waals surface area contributed by atoms with Gasteiger partial charge in [0.05, 0.1) is 28.7 Å². The van der Waals surface area contributed by atoms with Gasteiger partial charge in [0, 0.05) is 18.0 Å². The molecule has 5 rings (SSSR count). The normalized spacial score (nSPS) is 10.9. The van der Waals surface area contributed by atoms with E-state index < -0.39 is 22.9 Å². The largest absolute Gasteiger partial charge is 0.487 e. The van der Waals surface area contributed by atoms with Crippen molar-refractivity contribution in [3.8, 4) is 5.75 Å². The van der Waals surface area contributed by atoms with Crippen LogP contribution in [0.15, 0.2) is 76.6 Å². The van der Waals surface area contributed by atoms with E-state index in [4.69, 9.17) is 4.74 Å². The van der Waals surface area contributed by atoms with E-state index in [9.17, 15) is 19.2 Å². The zero-order valence-electron chi connectivity index (χ0n) is 19.7. The van der Waals surface area contributed by atoms with Crippen molar-refractivity contribution < 1.29 is 14.3 Å². The van der Waals surface area contributed by atoms with Gasteiger partial charge in [0.1, 0.15) is 18.0 Å². The van der Waals surface area contributed by atoms with E-state index in [-0.39, 0.29) is 29.6 Å². The number of nitrogens with zero attached hydrogens (tertiary/aromatic N) is 2. The van der Waals surface area contributed by atoms with Crippen LogP contribution in [-0.2, 0) is 11.4 Å². The van der Waals surface area contributed by atoms with E-state index in [1.165, 1.54) is 12.1 Å². The summed E-state index contributed by atoms with van der Waals surface area (Å²) in [6, 6.07) is 15.0. The van der Waals surface area contributed by atoms with E-state index in [2.05, 4.69) is 25.8 Å². The standard InChI is InChI=1S/C26H22N6O5/c1-15-5-10-21-28-17(13-32(21)12-15)14-37-18-8-6-16(7-9-18)24(34)27-11-22(33)29-20-4-2-3-19-23(20)26(36)31-30-25(19)35/h2-10,12-13H,11,14H2,1H3,(H,27,34)(H,29,33)(H,30,35)(H,31,36). The second-order valence-corrected chi connectivity index (χ2v) is 8.38. The molecule has 5 aromatic rings. The van der Waals surface area contributed by atoms with E-state index in [1.807, 2.05) is 35.9 Å². The van der Waals surface area contributed by atoms with Gasteiger partial charge in [0.2, 0.25) is 5.91 Å². The van der Waals surface area contributed by atoms with Crippen LogP contribution in [0.5, 0.6) is 5.75 Å². The van der Waals surface area contributed by atoms with Gasteiger partial charge in [0.15, 0.2) is 0 Å². The van der Waals surface area contributed by atoms with Gasteiger partial charge < -0.3 is 19.8 Å². The first-order valence-electron chi connectivity index (χ1n) is 11.4. The average Bonchev–Trinajstić information content (AvgIpc) is 3.30. The number of benzene rings is 2. The van der Waals surface area contributed by atoms with Gasteiger partial charge in [-0.25, -0.2) is 4.98 Å². The Bertz CT molecular complexity index is 1750. The highest BCUT2D eigenvalue weighted by Gasteiger charge is 2.13. The zero-order chi connectivity index (χ0) is 25.9. The maximum atomic E-state index is 12.5. The Labute approximate surface area is 209 Å². The molecule has 0 bridgehead atoms. The fraction of sp³-hybridized carbons (Fsp3) is 0.115. The number of hydrogen-bond donors (Lipinski definition) is 4. The highest BCUT2D eigenvalue weighted by atomic mass is 16.5. The summed E-state index contributed by atoms with van der Waals surface area (Å²) >= 11 is 0. The molecule has 0 saturated heterocycles. The molecule has 2 aromatic carbocycles. The first kappa shape index (κ1) is 23.5. The Hall–Kier alpha value is -5.19. The van der Waals surface area contributed by atoms with Crippen LogP contribution in [0.25, 0.3) is 16.4 Å². The predicted octanol–water partition coefficient (Wildman–Crippen LogP) is 2.12. The van der Waals surface area contributed by atoms with Crippen LogP contribution in [0.4, 0.5) is 5.69 Å². The van der Waals surface area contributed by atoms with Crippen LogP contribution >= 0.6 is 0 Å². The maximum Gasteiger partial charge on any atom is 0.272 e. The number of nitrogens with one attached hydrogen (secondary N) is 4. The SMILES string of the molecule is Cc1ccc2nc(COc3ccc(C(=O)NCC(=O)Nc4cccc5c(=O)[nH][nH]c(=O)c45)cc3)cn2c1. The van der Waals surface area contributed by atoms with Gasteiger partial charge in [0.25, 0.3) is 17.0 Å². The summed E-state index contributed by atoms with van der Waals surface area (Å²) in [6.07, 6.45) is 3.89. The van der Waals surface area contributed by atoms with Gasteiger partial charge in [-0.1, -0.05) is 12.1 Å². The van der Waals surface area contributed by atoms with Crippen molar-refractivity contribution in [1.82, 2.24) is 24.9 Å². The smallest absolute Gasteiger partial charge is 0.272 e. The topological polar surface area (TPSA) is 150 Å². The number of rotatable bonds is 7. The van der Waals surface area contributed by atoms with Gasteiger partial charge >= 0.3 is 0 Å². The number of hydrogen-bond acceptors (Lipinski definition) is 6. The lowest BCUT2D eigenvalue weighted by atomic mass is 10.1. The van der Waals surface area contributed by atoms with Crippen molar-refractivity contribution in [3.05, 3.63) is 105 Å². The first-order valence-corrected chi connectivity index (χ1v) is 11.4. The second-order valence-electron chi connectivity index (χ2n) is 8.38. The molecule has 0 unspecified atom stereocenters. The predicted molar refractivity (Wildman–Crippen MR) is 137 cm³/mol. The van der Waals surface area contributed by atoms with Crippen molar-refractivity contribution in [2.24, 2.45) is 0 Å². The molecule has 0 atom stereocenters. The Morgan fingerprint density at radius 2 is 1.76 bits per heavy atom. The summed E-state index contributed by atoms with van der Waals surface area (Å²) in [6.45, 7) is 1.95. The number of carbonyl (C=O) groups is 2. The fourth-order valence-corrected chi connectivity index (χ4v) is 3.88. The van der Waals surface area contributed by atoms with Crippen LogP contribution in [-0.4, -0.2) is 37.9 Å². The number of amides is 2. The minimum atomic E-state index is -0.553. The van der Waals surface area contributed by atoms with E-state index in [0.29, 0.717) is 11.3 Å². The second kappa shape index (κ2) is 9.82. The number of aryl methyl sites for hydroxylation is 1. The molecule has 37 heavy (non-hydrogen) atoms. The third-order valence-corrected chi connectivity index (χ3v) is 5.66. The number of ether oxygens (including phenoxy) is 1. The molecule has 0 aliphatic heterocycles. The minimum Gasteiger partial charge on any atom is -0.487 e. The summed E-state index contributed by atoms with van der Waals surface area (Å²) in [7, 11) is 0. The molecule has 186 valence electrons. The van der Waals surface area contributed by atoms with E-state index >= 15 is 0 Å². The van der Waals surface area contributed by atoms with E-state index in [1.54, 1.807) is 30.3 Å². The molecular formula is C26H22N6O5. The number of imidazole rings is 1. The van der Waals surface area contributed by atoms with Gasteiger partial charge in [-0.15, -0.1) is 0 Å². The van der Waals surface area contributed by atoms with Crippen molar-refractivity contribution in [1.29, 1.82) is 0 Å². The van der Waals surface area contributed by atoms with Gasteiger partial charge in [-0.3, -0.25) is 29.4 Å². The summed E-state index contributed by atoms with van der Waals surface area (Å²) < 4.78 is 7.72. The molecule has 0 aliphatic rings. The lowest BCUT2D eigenvalue weighted by molar-refractivity contribution is -0.115. The molecule has 0 fully saturated rings. The van der Waals surface area contributed by atoms with Gasteiger partial charge in [-0.05, 0) is 55.0 Å². The lowest BCUT2D eigenvalue weighted by Crippen LogP contribution is -2.33. The quantitative estimate of drug-likeness (QED) is 0.270. The molecule has 0 aliphatic carbocycles. The maximum absolute atomic E-state index is 12.5. The molecule has 0 radical (unpaired) electrons. The number of carbonyl (C=O) groups excluding carboxylic acids is 2. The van der Waals surface area contributed by atoms with Crippen molar-refractivity contribution >= 4 is 33.9 Å². The Balaban J connectivity index is 1.16. The number of aromatic amines is 2. The van der Waals surface area contributed by atoms with Crippen molar-refractivity contribution in [3.63, 3.8) is 0 Å². The Morgan fingerprint density at radius 3 is 2.57 bits per heavy atom. The number of pyridine rings is 1. The molecular weight excluding hydrogens is 476 g/mol. The Kier molecular flexibility index (Phi) is 6.25. The number of H-pyrrole nitrogens is 2. The molecule has 11 nitrogen and oxygen atoms in total. The molecule has 11 heteroatoms. The van der Waals surface area contributed by atoms with Crippen molar-refractivity contribution in [2.45, 2.75) is 13.5 Å². The average molecular weight is 498 g/mol. The highest BCUT2D eigenvalue weighted by molar-refractivity contribution is 6.04. The Morgan fingerprint density at radius 1 is 0.973 bits per heavy atom. The summed E-state index contributed by atoms with van der Waals surface area (Å²) in [5.74, 6) is -0.438. The molecule has 3 aromatic heterocycles. The molecule has 3 heterocycles.